The van der Waals surface area contributed by atoms with Crippen LogP contribution in [-0.4, -0.2) is 11.6 Å². The van der Waals surface area contributed by atoms with Crippen LogP contribution in [0.5, 0.6) is 5.75 Å². The Hall–Kier alpha value is -2.06. The summed E-state index contributed by atoms with van der Waals surface area (Å²) in [5, 5.41) is 12.2. The number of hydrogen-bond donors (Lipinski definition) is 1. The van der Waals surface area contributed by atoms with E-state index in [4.69, 9.17) is 10.00 Å². The molecule has 1 heterocycles. The zero-order chi connectivity index (χ0) is 13.7. The fourth-order valence-electron chi connectivity index (χ4n) is 1.60. The van der Waals surface area contributed by atoms with E-state index in [1.807, 2.05) is 31.2 Å². The van der Waals surface area contributed by atoms with Crippen LogP contribution in [0.15, 0.2) is 41.0 Å². The largest absolute Gasteiger partial charge is 0.492 e. The highest BCUT2D eigenvalue weighted by atomic mass is 79.9. The molecule has 0 saturated carbocycles. The Kier molecular flexibility index (Phi) is 4.37. The molecule has 19 heavy (non-hydrogen) atoms. The van der Waals surface area contributed by atoms with Crippen molar-refractivity contribution in [1.82, 2.24) is 4.98 Å². The Bertz CT molecular complexity index is 622. The molecule has 0 radical (unpaired) electrons. The maximum atomic E-state index is 9.11. The normalized spacial score (nSPS) is 9.74. The van der Waals surface area contributed by atoms with E-state index in [-0.39, 0.29) is 0 Å². The molecule has 1 aromatic carbocycles. The minimum Gasteiger partial charge on any atom is -0.492 e. The minimum absolute atomic E-state index is 0.473. The van der Waals surface area contributed by atoms with Crippen LogP contribution in [0, 0.1) is 11.3 Å². The van der Waals surface area contributed by atoms with E-state index in [0.29, 0.717) is 18.0 Å². The van der Waals surface area contributed by atoms with Gasteiger partial charge >= 0.3 is 0 Å². The van der Waals surface area contributed by atoms with Crippen LogP contribution in [0.2, 0.25) is 0 Å². The lowest BCUT2D eigenvalue weighted by Gasteiger charge is -2.12. The third kappa shape index (κ3) is 3.24. The van der Waals surface area contributed by atoms with Crippen molar-refractivity contribution in [3.05, 3.63) is 46.6 Å². The third-order valence-electron chi connectivity index (χ3n) is 2.41. The topological polar surface area (TPSA) is 57.9 Å². The number of halogens is 1. The van der Waals surface area contributed by atoms with E-state index in [1.54, 1.807) is 12.3 Å². The molecule has 96 valence electrons. The first kappa shape index (κ1) is 13.4. The van der Waals surface area contributed by atoms with Gasteiger partial charge in [-0.1, -0.05) is 12.1 Å². The lowest BCUT2D eigenvalue weighted by molar-refractivity contribution is 0.342. The van der Waals surface area contributed by atoms with Crippen molar-refractivity contribution in [3.8, 4) is 11.8 Å². The van der Waals surface area contributed by atoms with Crippen molar-refractivity contribution < 1.29 is 4.74 Å². The molecule has 0 bridgehead atoms. The average Bonchev–Trinajstić information content (AvgIpc) is 2.43. The van der Waals surface area contributed by atoms with Crippen molar-refractivity contribution >= 4 is 27.4 Å². The first-order valence-electron chi connectivity index (χ1n) is 5.79. The molecule has 0 saturated heterocycles. The molecule has 1 aromatic heterocycles. The first-order valence-corrected chi connectivity index (χ1v) is 6.58. The Morgan fingerprint density at radius 1 is 1.42 bits per heavy atom. The van der Waals surface area contributed by atoms with Crippen LogP contribution in [0.25, 0.3) is 0 Å². The Balaban J connectivity index is 2.34. The molecule has 0 aliphatic heterocycles. The summed E-state index contributed by atoms with van der Waals surface area (Å²) < 4.78 is 6.30. The summed E-state index contributed by atoms with van der Waals surface area (Å²) in [4.78, 5) is 4.21. The highest BCUT2D eigenvalue weighted by Gasteiger charge is 2.08. The number of benzene rings is 1. The molecule has 0 fully saturated rings. The van der Waals surface area contributed by atoms with Crippen molar-refractivity contribution in [2.24, 2.45) is 0 Å². The van der Waals surface area contributed by atoms with Crippen molar-refractivity contribution in [1.29, 1.82) is 5.26 Å². The second-order valence-corrected chi connectivity index (χ2v) is 4.63. The number of para-hydroxylation sites is 2. The van der Waals surface area contributed by atoms with Gasteiger partial charge in [0, 0.05) is 10.7 Å². The van der Waals surface area contributed by atoms with E-state index in [1.165, 1.54) is 0 Å². The van der Waals surface area contributed by atoms with Crippen LogP contribution in [-0.2, 0) is 0 Å². The van der Waals surface area contributed by atoms with Gasteiger partial charge in [0.2, 0.25) is 0 Å². The van der Waals surface area contributed by atoms with Gasteiger partial charge in [0.1, 0.15) is 17.6 Å². The highest BCUT2D eigenvalue weighted by molar-refractivity contribution is 9.10. The van der Waals surface area contributed by atoms with E-state index >= 15 is 0 Å². The van der Waals surface area contributed by atoms with Gasteiger partial charge in [0.05, 0.1) is 17.9 Å². The molecular weight excluding hydrogens is 306 g/mol. The minimum atomic E-state index is 0.473. The molecule has 2 aromatic rings. The molecular formula is C14H12BrN3O. The summed E-state index contributed by atoms with van der Waals surface area (Å²) in [5.41, 5.74) is 1.26. The summed E-state index contributed by atoms with van der Waals surface area (Å²) in [6.07, 6.45) is 1.65. The molecule has 0 aliphatic carbocycles. The smallest absolute Gasteiger partial charge is 0.148 e. The number of hydrogen-bond acceptors (Lipinski definition) is 4. The molecule has 2 rings (SSSR count). The van der Waals surface area contributed by atoms with E-state index in [9.17, 15) is 0 Å². The summed E-state index contributed by atoms with van der Waals surface area (Å²) in [5.74, 6) is 1.25. The fraction of sp³-hybridized carbons (Fsp3) is 0.143. The fourth-order valence-corrected chi connectivity index (χ4v) is 1.93. The molecule has 1 N–H and O–H groups in total. The van der Waals surface area contributed by atoms with Gasteiger partial charge in [-0.25, -0.2) is 4.98 Å². The molecule has 5 heteroatoms. The lowest BCUT2D eigenvalue weighted by Crippen LogP contribution is -2.00. The summed E-state index contributed by atoms with van der Waals surface area (Å²) in [6, 6.07) is 11.4. The van der Waals surface area contributed by atoms with Crippen LogP contribution in [0.1, 0.15) is 12.5 Å². The van der Waals surface area contributed by atoms with Gasteiger partial charge in [0.25, 0.3) is 0 Å². The molecule has 0 aliphatic rings. The zero-order valence-electron chi connectivity index (χ0n) is 10.4. The van der Waals surface area contributed by atoms with Crippen molar-refractivity contribution in [2.75, 3.05) is 11.9 Å². The summed E-state index contributed by atoms with van der Waals surface area (Å²) in [6.45, 7) is 2.51. The summed E-state index contributed by atoms with van der Waals surface area (Å²) >= 11 is 3.30. The second kappa shape index (κ2) is 6.21. The van der Waals surface area contributed by atoms with Gasteiger partial charge in [0.15, 0.2) is 0 Å². The van der Waals surface area contributed by atoms with Crippen LogP contribution in [0.3, 0.4) is 0 Å². The van der Waals surface area contributed by atoms with Gasteiger partial charge < -0.3 is 10.1 Å². The highest BCUT2D eigenvalue weighted by Crippen LogP contribution is 2.28. The summed E-state index contributed by atoms with van der Waals surface area (Å²) in [7, 11) is 0. The molecule has 0 spiro atoms. The molecule has 4 nitrogen and oxygen atoms in total. The van der Waals surface area contributed by atoms with Gasteiger partial charge in [-0.05, 0) is 41.1 Å². The predicted molar refractivity (Wildman–Crippen MR) is 77.5 cm³/mol. The number of nitrogens with one attached hydrogen (secondary N) is 1. The van der Waals surface area contributed by atoms with Crippen LogP contribution >= 0.6 is 15.9 Å². The van der Waals surface area contributed by atoms with Gasteiger partial charge in [-0.3, -0.25) is 0 Å². The standard InChI is InChI=1S/C14H12BrN3O/c1-2-19-13-6-4-3-5-12(13)18-14-10(8-16)7-11(15)9-17-14/h3-7,9H,2H2,1H3,(H,17,18). The molecule has 0 amide bonds. The average molecular weight is 318 g/mol. The second-order valence-electron chi connectivity index (χ2n) is 3.72. The maximum absolute atomic E-state index is 9.11. The number of nitrogens with zero attached hydrogens (tertiary/aromatic N) is 2. The van der Waals surface area contributed by atoms with E-state index < -0.39 is 0 Å². The van der Waals surface area contributed by atoms with E-state index in [0.717, 1.165) is 15.9 Å². The quantitative estimate of drug-likeness (QED) is 0.930. The van der Waals surface area contributed by atoms with Crippen molar-refractivity contribution in [3.63, 3.8) is 0 Å². The Labute approximate surface area is 120 Å². The van der Waals surface area contributed by atoms with Crippen LogP contribution in [0.4, 0.5) is 11.5 Å². The van der Waals surface area contributed by atoms with Gasteiger partial charge in [-0.15, -0.1) is 0 Å². The predicted octanol–water partition coefficient (Wildman–Crippen LogP) is 3.86. The maximum Gasteiger partial charge on any atom is 0.148 e. The number of ether oxygens (including phenoxy) is 1. The van der Waals surface area contributed by atoms with Crippen molar-refractivity contribution in [2.45, 2.75) is 6.92 Å². The number of rotatable bonds is 4. The van der Waals surface area contributed by atoms with Crippen LogP contribution < -0.4 is 10.1 Å². The third-order valence-corrected chi connectivity index (χ3v) is 2.85. The SMILES string of the molecule is CCOc1ccccc1Nc1ncc(Br)cc1C#N. The lowest BCUT2D eigenvalue weighted by atomic mass is 10.2. The number of pyridine rings is 1. The number of aromatic nitrogens is 1. The first-order chi connectivity index (χ1) is 9.24. The number of anilines is 2. The Morgan fingerprint density at radius 3 is 2.95 bits per heavy atom. The van der Waals surface area contributed by atoms with Gasteiger partial charge in [-0.2, -0.15) is 5.26 Å². The number of nitriles is 1. The molecule has 0 atom stereocenters. The molecule has 0 unspecified atom stereocenters. The monoisotopic (exact) mass is 317 g/mol. The zero-order valence-corrected chi connectivity index (χ0v) is 11.9. The Morgan fingerprint density at radius 2 is 2.21 bits per heavy atom. The van der Waals surface area contributed by atoms with E-state index in [2.05, 4.69) is 32.3 Å².